The molecule has 5 nitrogen and oxygen atoms in total. The maximum atomic E-state index is 14.0. The first-order valence-corrected chi connectivity index (χ1v) is 9.13. The molecule has 0 aliphatic heterocycles. The fourth-order valence-electron chi connectivity index (χ4n) is 2.87. The summed E-state index contributed by atoms with van der Waals surface area (Å²) in [5.41, 5.74) is 0.759. The summed E-state index contributed by atoms with van der Waals surface area (Å²) in [4.78, 5) is 17.1. The Kier molecular flexibility index (Phi) is 4.76. The van der Waals surface area contributed by atoms with Gasteiger partial charge in [0.25, 0.3) is 5.91 Å². The third kappa shape index (κ3) is 3.96. The van der Waals surface area contributed by atoms with Crippen LogP contribution in [0.1, 0.15) is 13.8 Å². The highest BCUT2D eigenvalue weighted by molar-refractivity contribution is 5.98. The van der Waals surface area contributed by atoms with E-state index in [2.05, 4.69) is 10.3 Å². The van der Waals surface area contributed by atoms with Crippen LogP contribution in [0.5, 0.6) is 5.75 Å². The molecule has 1 aromatic heterocycles. The standard InChI is InChI=1S/C23H19FN2O3/c1-23(2,29-16-8-4-3-5-9-16)22(27)25-15-12-13-20-19(14-15)26-21(28-20)17-10-6-7-11-18(17)24/h3-14H,1-2H3,(H,25,27). The number of carbonyl (C=O) groups is 1. The summed E-state index contributed by atoms with van der Waals surface area (Å²) < 4.78 is 25.5. The van der Waals surface area contributed by atoms with Crippen LogP contribution in [0.15, 0.2) is 77.2 Å². The number of carbonyl (C=O) groups excluding carboxylic acids is 1. The molecule has 0 aliphatic rings. The molecule has 1 amide bonds. The van der Waals surface area contributed by atoms with Crippen molar-refractivity contribution in [3.05, 3.63) is 78.6 Å². The highest BCUT2D eigenvalue weighted by Gasteiger charge is 2.30. The van der Waals surface area contributed by atoms with Gasteiger partial charge in [-0.1, -0.05) is 30.3 Å². The molecule has 29 heavy (non-hydrogen) atoms. The van der Waals surface area contributed by atoms with Gasteiger partial charge in [-0.2, -0.15) is 0 Å². The number of nitrogens with one attached hydrogen (secondary N) is 1. The Morgan fingerprint density at radius 3 is 2.52 bits per heavy atom. The van der Waals surface area contributed by atoms with E-state index in [0.29, 0.717) is 22.5 Å². The van der Waals surface area contributed by atoms with Crippen LogP contribution in [0, 0.1) is 5.82 Å². The lowest BCUT2D eigenvalue weighted by atomic mass is 10.1. The third-order valence-electron chi connectivity index (χ3n) is 4.41. The first-order valence-electron chi connectivity index (χ1n) is 9.13. The molecule has 1 N–H and O–H groups in total. The summed E-state index contributed by atoms with van der Waals surface area (Å²) in [6, 6.07) is 20.5. The van der Waals surface area contributed by atoms with Crippen molar-refractivity contribution in [3.8, 4) is 17.2 Å². The number of amides is 1. The molecule has 4 aromatic rings. The predicted molar refractivity (Wildman–Crippen MR) is 109 cm³/mol. The van der Waals surface area contributed by atoms with Crippen molar-refractivity contribution in [1.29, 1.82) is 0 Å². The maximum absolute atomic E-state index is 14.0. The number of halogens is 1. The Bertz CT molecular complexity index is 1170. The van der Waals surface area contributed by atoms with Crippen molar-refractivity contribution in [2.45, 2.75) is 19.4 Å². The van der Waals surface area contributed by atoms with Crippen LogP contribution >= 0.6 is 0 Å². The van der Waals surface area contributed by atoms with E-state index >= 15 is 0 Å². The second-order valence-electron chi connectivity index (χ2n) is 7.06. The van der Waals surface area contributed by atoms with Gasteiger partial charge in [-0.3, -0.25) is 4.79 Å². The predicted octanol–water partition coefficient (Wildman–Crippen LogP) is 5.43. The van der Waals surface area contributed by atoms with Gasteiger partial charge >= 0.3 is 0 Å². The number of fused-ring (bicyclic) bond motifs is 1. The first-order chi connectivity index (χ1) is 13.9. The molecule has 3 aromatic carbocycles. The van der Waals surface area contributed by atoms with Crippen molar-refractivity contribution in [2.24, 2.45) is 0 Å². The van der Waals surface area contributed by atoms with Gasteiger partial charge in [0.05, 0.1) is 5.56 Å². The summed E-state index contributed by atoms with van der Waals surface area (Å²) >= 11 is 0. The fraction of sp³-hybridized carbons (Fsp3) is 0.130. The zero-order chi connectivity index (χ0) is 20.4. The van der Waals surface area contributed by atoms with Gasteiger partial charge in [-0.05, 0) is 56.3 Å². The van der Waals surface area contributed by atoms with E-state index in [9.17, 15) is 9.18 Å². The van der Waals surface area contributed by atoms with Crippen molar-refractivity contribution >= 4 is 22.7 Å². The van der Waals surface area contributed by atoms with Gasteiger partial charge in [0.1, 0.15) is 17.1 Å². The quantitative estimate of drug-likeness (QED) is 0.493. The molecule has 0 aliphatic carbocycles. The summed E-state index contributed by atoms with van der Waals surface area (Å²) in [5.74, 6) is 0.0781. The zero-order valence-corrected chi connectivity index (χ0v) is 16.0. The summed E-state index contributed by atoms with van der Waals surface area (Å²) in [6.07, 6.45) is 0. The molecule has 0 unspecified atom stereocenters. The van der Waals surface area contributed by atoms with Crippen LogP contribution in [0.2, 0.25) is 0 Å². The minimum atomic E-state index is -1.08. The molecule has 0 atom stereocenters. The smallest absolute Gasteiger partial charge is 0.267 e. The summed E-state index contributed by atoms with van der Waals surface area (Å²) in [5, 5.41) is 2.84. The van der Waals surface area contributed by atoms with Crippen molar-refractivity contribution in [1.82, 2.24) is 4.98 Å². The highest BCUT2D eigenvalue weighted by atomic mass is 19.1. The number of anilines is 1. The molecule has 146 valence electrons. The molecular formula is C23H19FN2O3. The minimum Gasteiger partial charge on any atom is -0.478 e. The molecule has 0 fully saturated rings. The fourth-order valence-corrected chi connectivity index (χ4v) is 2.87. The van der Waals surface area contributed by atoms with E-state index in [4.69, 9.17) is 9.15 Å². The zero-order valence-electron chi connectivity index (χ0n) is 16.0. The Morgan fingerprint density at radius 2 is 1.76 bits per heavy atom. The SMILES string of the molecule is CC(C)(Oc1ccccc1)C(=O)Nc1ccc2oc(-c3ccccc3F)nc2c1. The van der Waals surface area contributed by atoms with E-state index in [-0.39, 0.29) is 17.4 Å². The molecule has 0 radical (unpaired) electrons. The van der Waals surface area contributed by atoms with Gasteiger partial charge in [0.15, 0.2) is 11.2 Å². The van der Waals surface area contributed by atoms with E-state index < -0.39 is 11.4 Å². The van der Waals surface area contributed by atoms with Gasteiger partial charge in [-0.15, -0.1) is 0 Å². The van der Waals surface area contributed by atoms with Crippen molar-refractivity contribution in [3.63, 3.8) is 0 Å². The molecule has 0 saturated carbocycles. The topological polar surface area (TPSA) is 64.4 Å². The molecule has 6 heteroatoms. The number of benzene rings is 3. The van der Waals surface area contributed by atoms with Gasteiger partial charge in [0.2, 0.25) is 5.89 Å². The van der Waals surface area contributed by atoms with E-state index in [1.54, 1.807) is 62.4 Å². The second kappa shape index (κ2) is 7.39. The first kappa shape index (κ1) is 18.7. The molecule has 0 saturated heterocycles. The Balaban J connectivity index is 1.55. The number of hydrogen-bond acceptors (Lipinski definition) is 4. The lowest BCUT2D eigenvalue weighted by Gasteiger charge is -2.25. The number of nitrogens with zero attached hydrogens (tertiary/aromatic N) is 1. The van der Waals surface area contributed by atoms with Crippen molar-refractivity contribution < 1.29 is 18.3 Å². The number of ether oxygens (including phenoxy) is 1. The average Bonchev–Trinajstić information content (AvgIpc) is 3.12. The van der Waals surface area contributed by atoms with Crippen LogP contribution in [0.25, 0.3) is 22.6 Å². The van der Waals surface area contributed by atoms with Crippen LogP contribution in [-0.4, -0.2) is 16.5 Å². The summed E-state index contributed by atoms with van der Waals surface area (Å²) in [6.45, 7) is 3.39. The summed E-state index contributed by atoms with van der Waals surface area (Å²) in [7, 11) is 0. The van der Waals surface area contributed by atoms with Gasteiger partial charge < -0.3 is 14.5 Å². The Labute approximate surface area is 167 Å². The number of rotatable bonds is 5. The maximum Gasteiger partial charge on any atom is 0.267 e. The lowest BCUT2D eigenvalue weighted by Crippen LogP contribution is -2.42. The van der Waals surface area contributed by atoms with Crippen LogP contribution < -0.4 is 10.1 Å². The molecule has 1 heterocycles. The Morgan fingerprint density at radius 1 is 1.03 bits per heavy atom. The third-order valence-corrected chi connectivity index (χ3v) is 4.41. The van der Waals surface area contributed by atoms with Crippen LogP contribution in [0.4, 0.5) is 10.1 Å². The largest absolute Gasteiger partial charge is 0.478 e. The molecular weight excluding hydrogens is 371 g/mol. The number of oxazole rings is 1. The highest BCUT2D eigenvalue weighted by Crippen LogP contribution is 2.28. The second-order valence-corrected chi connectivity index (χ2v) is 7.06. The van der Waals surface area contributed by atoms with Gasteiger partial charge in [-0.25, -0.2) is 9.37 Å². The lowest BCUT2D eigenvalue weighted by molar-refractivity contribution is -0.128. The normalized spacial score (nSPS) is 11.4. The Hall–Kier alpha value is -3.67. The van der Waals surface area contributed by atoms with Crippen LogP contribution in [-0.2, 0) is 4.79 Å². The molecule has 0 bridgehead atoms. The minimum absolute atomic E-state index is 0.189. The van der Waals surface area contributed by atoms with E-state index in [1.807, 2.05) is 18.2 Å². The van der Waals surface area contributed by atoms with Crippen LogP contribution in [0.3, 0.4) is 0 Å². The number of hydrogen-bond donors (Lipinski definition) is 1. The van der Waals surface area contributed by atoms with Gasteiger partial charge in [0, 0.05) is 5.69 Å². The molecule has 0 spiro atoms. The number of para-hydroxylation sites is 1. The number of aromatic nitrogens is 1. The monoisotopic (exact) mass is 390 g/mol. The van der Waals surface area contributed by atoms with Crippen molar-refractivity contribution in [2.75, 3.05) is 5.32 Å². The van der Waals surface area contributed by atoms with E-state index in [0.717, 1.165) is 0 Å². The molecule has 4 rings (SSSR count). The average molecular weight is 390 g/mol. The van der Waals surface area contributed by atoms with E-state index in [1.165, 1.54) is 6.07 Å².